The van der Waals surface area contributed by atoms with Gasteiger partial charge in [-0.05, 0) is 50.3 Å². The molecule has 0 aliphatic heterocycles. The van der Waals surface area contributed by atoms with E-state index in [2.05, 4.69) is 20.3 Å². The normalized spacial score (nSPS) is 13.6. The molecule has 1 amide bonds. The number of pyridine rings is 1. The lowest BCUT2D eigenvalue weighted by Gasteiger charge is -2.12. The maximum absolute atomic E-state index is 12.3. The monoisotopic (exact) mass is 404 g/mol. The van der Waals surface area contributed by atoms with Crippen LogP contribution >= 0.6 is 34.7 Å². The Kier molecular flexibility index (Phi) is 5.11. The molecule has 0 saturated heterocycles. The number of carbonyl (C=O) groups excluding carboxylic acids is 1. The van der Waals surface area contributed by atoms with Crippen molar-refractivity contribution in [1.29, 1.82) is 0 Å². The Hall–Kier alpha value is -1.70. The van der Waals surface area contributed by atoms with E-state index in [0.717, 1.165) is 33.9 Å². The van der Waals surface area contributed by atoms with Gasteiger partial charge in [-0.15, -0.1) is 11.3 Å². The SMILES string of the molecule is Cc1nc(SCC(=O)Nc2cccnc2Cl)c2c3c(sc2n1)CCCC3. The molecule has 0 fully saturated rings. The van der Waals surface area contributed by atoms with Crippen LogP contribution in [0.4, 0.5) is 5.69 Å². The number of carbonyl (C=O) groups is 1. The average molecular weight is 405 g/mol. The molecule has 134 valence electrons. The van der Waals surface area contributed by atoms with E-state index in [1.165, 1.54) is 35.0 Å². The number of thiophene rings is 1. The molecule has 0 radical (unpaired) electrons. The summed E-state index contributed by atoms with van der Waals surface area (Å²) in [5, 5.41) is 5.14. The van der Waals surface area contributed by atoms with Crippen molar-refractivity contribution in [3.05, 3.63) is 39.7 Å². The highest BCUT2D eigenvalue weighted by molar-refractivity contribution is 8.00. The molecule has 3 aromatic heterocycles. The van der Waals surface area contributed by atoms with Crippen LogP contribution in [0.5, 0.6) is 0 Å². The molecule has 0 spiro atoms. The fourth-order valence-electron chi connectivity index (χ4n) is 3.13. The van der Waals surface area contributed by atoms with E-state index >= 15 is 0 Å². The largest absolute Gasteiger partial charge is 0.323 e. The first-order valence-electron chi connectivity index (χ1n) is 8.44. The first-order chi connectivity index (χ1) is 12.6. The van der Waals surface area contributed by atoms with Crippen LogP contribution in [-0.2, 0) is 17.6 Å². The fourth-order valence-corrected chi connectivity index (χ4v) is 5.57. The lowest BCUT2D eigenvalue weighted by atomic mass is 9.97. The first kappa shape index (κ1) is 17.7. The molecule has 8 heteroatoms. The molecule has 1 aliphatic rings. The lowest BCUT2D eigenvalue weighted by molar-refractivity contribution is -0.113. The minimum Gasteiger partial charge on any atom is -0.323 e. The van der Waals surface area contributed by atoms with Crippen LogP contribution in [0.1, 0.15) is 29.1 Å². The van der Waals surface area contributed by atoms with Crippen molar-refractivity contribution in [2.75, 3.05) is 11.1 Å². The van der Waals surface area contributed by atoms with E-state index in [1.54, 1.807) is 29.7 Å². The molecule has 3 heterocycles. The summed E-state index contributed by atoms with van der Waals surface area (Å²) in [5.74, 6) is 0.884. The van der Waals surface area contributed by atoms with Gasteiger partial charge in [-0.1, -0.05) is 23.4 Å². The van der Waals surface area contributed by atoms with Crippen LogP contribution in [0, 0.1) is 6.92 Å². The molecule has 0 aromatic carbocycles. The Labute approximate surface area is 164 Å². The summed E-state index contributed by atoms with van der Waals surface area (Å²) in [4.78, 5) is 28.0. The number of aromatic nitrogens is 3. The number of nitrogens with zero attached hydrogens (tertiary/aromatic N) is 3. The molecule has 1 N–H and O–H groups in total. The number of hydrogen-bond donors (Lipinski definition) is 1. The lowest BCUT2D eigenvalue weighted by Crippen LogP contribution is -2.14. The zero-order chi connectivity index (χ0) is 18.1. The van der Waals surface area contributed by atoms with Crippen LogP contribution in [0.2, 0.25) is 5.15 Å². The van der Waals surface area contributed by atoms with Crippen molar-refractivity contribution in [3.63, 3.8) is 0 Å². The predicted octanol–water partition coefficient (Wildman–Crippen LogP) is 4.66. The molecule has 5 nitrogen and oxygen atoms in total. The second-order valence-corrected chi connectivity index (χ2v) is 8.55. The second-order valence-electron chi connectivity index (χ2n) is 6.15. The molecule has 0 unspecified atom stereocenters. The van der Waals surface area contributed by atoms with Gasteiger partial charge in [-0.25, -0.2) is 15.0 Å². The highest BCUT2D eigenvalue weighted by Crippen LogP contribution is 2.39. The smallest absolute Gasteiger partial charge is 0.234 e. The van der Waals surface area contributed by atoms with Crippen molar-refractivity contribution in [2.45, 2.75) is 37.6 Å². The predicted molar refractivity (Wildman–Crippen MR) is 107 cm³/mol. The van der Waals surface area contributed by atoms with Crippen molar-refractivity contribution in [1.82, 2.24) is 15.0 Å². The molecular weight excluding hydrogens is 388 g/mol. The van der Waals surface area contributed by atoms with Gasteiger partial charge < -0.3 is 5.32 Å². The molecule has 26 heavy (non-hydrogen) atoms. The highest BCUT2D eigenvalue weighted by Gasteiger charge is 2.21. The Morgan fingerprint density at radius 2 is 2.19 bits per heavy atom. The van der Waals surface area contributed by atoms with Crippen LogP contribution in [0.15, 0.2) is 23.4 Å². The van der Waals surface area contributed by atoms with Crippen molar-refractivity contribution in [2.24, 2.45) is 0 Å². The number of nitrogens with one attached hydrogen (secondary N) is 1. The first-order valence-corrected chi connectivity index (χ1v) is 10.6. The number of anilines is 1. The topological polar surface area (TPSA) is 67.8 Å². The number of amides is 1. The molecule has 0 saturated carbocycles. The summed E-state index contributed by atoms with van der Waals surface area (Å²) in [5.41, 5.74) is 1.91. The molecule has 4 rings (SSSR count). The number of halogens is 1. The van der Waals surface area contributed by atoms with E-state index in [0.29, 0.717) is 5.69 Å². The molecular formula is C18H17ClN4OS2. The average Bonchev–Trinajstić information content (AvgIpc) is 2.99. The van der Waals surface area contributed by atoms with Gasteiger partial charge in [0.15, 0.2) is 5.15 Å². The summed E-state index contributed by atoms with van der Waals surface area (Å²) in [6, 6.07) is 3.48. The van der Waals surface area contributed by atoms with Gasteiger partial charge in [-0.2, -0.15) is 0 Å². The minimum atomic E-state index is -0.126. The van der Waals surface area contributed by atoms with E-state index in [-0.39, 0.29) is 16.8 Å². The van der Waals surface area contributed by atoms with E-state index in [4.69, 9.17) is 11.6 Å². The number of aryl methyl sites for hydroxylation is 3. The maximum Gasteiger partial charge on any atom is 0.234 e. The van der Waals surface area contributed by atoms with Crippen LogP contribution in [0.25, 0.3) is 10.2 Å². The second kappa shape index (κ2) is 7.50. The number of thioether (sulfide) groups is 1. The maximum atomic E-state index is 12.3. The Balaban J connectivity index is 1.56. The van der Waals surface area contributed by atoms with Gasteiger partial charge in [-0.3, -0.25) is 4.79 Å². The summed E-state index contributed by atoms with van der Waals surface area (Å²) < 4.78 is 0. The Bertz CT molecular complexity index is 989. The van der Waals surface area contributed by atoms with Gasteiger partial charge in [0.25, 0.3) is 0 Å². The number of fused-ring (bicyclic) bond motifs is 3. The van der Waals surface area contributed by atoms with Gasteiger partial charge in [0, 0.05) is 16.5 Å². The highest BCUT2D eigenvalue weighted by atomic mass is 35.5. The fraction of sp³-hybridized carbons (Fsp3) is 0.333. The zero-order valence-corrected chi connectivity index (χ0v) is 16.6. The Morgan fingerprint density at radius 1 is 1.35 bits per heavy atom. The minimum absolute atomic E-state index is 0.126. The van der Waals surface area contributed by atoms with Gasteiger partial charge >= 0.3 is 0 Å². The molecule has 0 atom stereocenters. The molecule has 1 aliphatic carbocycles. The van der Waals surface area contributed by atoms with Crippen molar-refractivity contribution < 1.29 is 4.79 Å². The van der Waals surface area contributed by atoms with Crippen LogP contribution < -0.4 is 5.32 Å². The van der Waals surface area contributed by atoms with Gasteiger partial charge in [0.1, 0.15) is 15.7 Å². The van der Waals surface area contributed by atoms with Crippen LogP contribution in [-0.4, -0.2) is 26.6 Å². The summed E-state index contributed by atoms with van der Waals surface area (Å²) in [7, 11) is 0. The molecule has 0 bridgehead atoms. The summed E-state index contributed by atoms with van der Waals surface area (Å²) >= 11 is 9.23. The third-order valence-electron chi connectivity index (χ3n) is 4.27. The molecule has 3 aromatic rings. The van der Waals surface area contributed by atoms with E-state index < -0.39 is 0 Å². The summed E-state index contributed by atoms with van der Waals surface area (Å²) in [6.45, 7) is 1.90. The Morgan fingerprint density at radius 3 is 3.04 bits per heavy atom. The van der Waals surface area contributed by atoms with Crippen LogP contribution in [0.3, 0.4) is 0 Å². The standard InChI is InChI=1S/C18H17ClN4OS2/c1-10-21-17(15-11-5-2-3-7-13(11)26-18(15)22-10)25-9-14(24)23-12-6-4-8-20-16(12)19/h4,6,8H,2-3,5,7,9H2,1H3,(H,23,24). The van der Waals surface area contributed by atoms with Crippen molar-refractivity contribution in [3.8, 4) is 0 Å². The van der Waals surface area contributed by atoms with Crippen molar-refractivity contribution >= 4 is 56.5 Å². The van der Waals surface area contributed by atoms with Gasteiger partial charge in [0.05, 0.1) is 11.4 Å². The van der Waals surface area contributed by atoms with Gasteiger partial charge in [0.2, 0.25) is 5.91 Å². The number of rotatable bonds is 4. The van der Waals surface area contributed by atoms with E-state index in [1.807, 2.05) is 6.92 Å². The number of hydrogen-bond acceptors (Lipinski definition) is 6. The third kappa shape index (κ3) is 3.56. The van der Waals surface area contributed by atoms with E-state index in [9.17, 15) is 4.79 Å². The quantitative estimate of drug-likeness (QED) is 0.389. The zero-order valence-electron chi connectivity index (χ0n) is 14.2. The third-order valence-corrected chi connectivity index (χ3v) is 6.73. The summed E-state index contributed by atoms with van der Waals surface area (Å²) in [6.07, 6.45) is 6.24.